The number of aliphatic hydroxyl groups is 1. The Bertz CT molecular complexity index is 316. The van der Waals surface area contributed by atoms with Gasteiger partial charge in [-0.1, -0.05) is 20.3 Å². The summed E-state index contributed by atoms with van der Waals surface area (Å²) in [7, 11) is 0. The van der Waals surface area contributed by atoms with E-state index >= 15 is 0 Å². The van der Waals surface area contributed by atoms with Crippen LogP contribution in [0.25, 0.3) is 0 Å². The summed E-state index contributed by atoms with van der Waals surface area (Å²) in [5, 5.41) is 12.8. The third-order valence-electron chi connectivity index (χ3n) is 5.24. The minimum Gasteiger partial charge on any atom is -0.392 e. The molecular formula is C13H21NO2. The van der Waals surface area contributed by atoms with Crippen LogP contribution in [0.3, 0.4) is 0 Å². The molecule has 16 heavy (non-hydrogen) atoms. The maximum atomic E-state index is 12.0. The fraction of sp³-hybridized carbons (Fsp3) is 0.923. The first kappa shape index (κ1) is 10.6. The summed E-state index contributed by atoms with van der Waals surface area (Å²) >= 11 is 0. The lowest BCUT2D eigenvalue weighted by atomic mass is 9.64. The minimum absolute atomic E-state index is 0.139. The Hall–Kier alpha value is -0.570. The van der Waals surface area contributed by atoms with Gasteiger partial charge in [-0.3, -0.25) is 4.79 Å². The molecule has 3 rings (SSSR count). The molecule has 2 N–H and O–H groups in total. The summed E-state index contributed by atoms with van der Waals surface area (Å²) in [4.78, 5) is 12.0. The molecule has 1 amide bonds. The SMILES string of the molecule is CC1(C)C(O)CC1NC(=O)C1C2CCCC21. The number of fused-ring (bicyclic) bond motifs is 1. The normalized spacial score (nSPS) is 48.1. The molecule has 0 aliphatic heterocycles. The molecule has 0 heterocycles. The van der Waals surface area contributed by atoms with Crippen molar-refractivity contribution in [3.63, 3.8) is 0 Å². The van der Waals surface area contributed by atoms with Crippen molar-refractivity contribution < 1.29 is 9.90 Å². The molecule has 4 unspecified atom stereocenters. The van der Waals surface area contributed by atoms with Gasteiger partial charge in [0.15, 0.2) is 0 Å². The van der Waals surface area contributed by atoms with Crippen molar-refractivity contribution in [3.8, 4) is 0 Å². The van der Waals surface area contributed by atoms with Gasteiger partial charge in [0.25, 0.3) is 0 Å². The fourth-order valence-corrected chi connectivity index (χ4v) is 3.63. The highest BCUT2D eigenvalue weighted by Gasteiger charge is 2.58. The fourth-order valence-electron chi connectivity index (χ4n) is 3.63. The molecule has 0 radical (unpaired) electrons. The van der Waals surface area contributed by atoms with E-state index in [1.165, 1.54) is 19.3 Å². The predicted octanol–water partition coefficient (Wildman–Crippen LogP) is 1.31. The summed E-state index contributed by atoms with van der Waals surface area (Å²) in [6, 6.07) is 0.177. The lowest BCUT2D eigenvalue weighted by Crippen LogP contribution is -2.61. The maximum Gasteiger partial charge on any atom is 0.223 e. The molecule has 3 aliphatic carbocycles. The zero-order chi connectivity index (χ0) is 11.5. The quantitative estimate of drug-likeness (QED) is 0.741. The Kier molecular flexibility index (Phi) is 2.13. The van der Waals surface area contributed by atoms with Gasteiger partial charge in [0.05, 0.1) is 6.10 Å². The third kappa shape index (κ3) is 1.33. The largest absolute Gasteiger partial charge is 0.392 e. The molecule has 3 heteroatoms. The number of aliphatic hydroxyl groups excluding tert-OH is 1. The number of carbonyl (C=O) groups is 1. The summed E-state index contributed by atoms with van der Waals surface area (Å²) in [6.07, 6.45) is 4.28. The number of carbonyl (C=O) groups excluding carboxylic acids is 1. The average molecular weight is 223 g/mol. The molecule has 90 valence electrons. The Morgan fingerprint density at radius 3 is 2.44 bits per heavy atom. The van der Waals surface area contributed by atoms with Crippen LogP contribution in [0.1, 0.15) is 39.5 Å². The minimum atomic E-state index is -0.253. The summed E-state index contributed by atoms with van der Waals surface area (Å²) in [5.41, 5.74) is -0.139. The van der Waals surface area contributed by atoms with Crippen molar-refractivity contribution in [1.29, 1.82) is 0 Å². The third-order valence-corrected chi connectivity index (χ3v) is 5.24. The van der Waals surface area contributed by atoms with Gasteiger partial charge in [0.2, 0.25) is 5.91 Å². The van der Waals surface area contributed by atoms with Crippen molar-refractivity contribution in [1.82, 2.24) is 5.32 Å². The van der Waals surface area contributed by atoms with Gasteiger partial charge in [-0.15, -0.1) is 0 Å². The van der Waals surface area contributed by atoms with Crippen molar-refractivity contribution in [2.45, 2.75) is 51.7 Å². The molecule has 4 atom stereocenters. The molecule has 3 aliphatic rings. The number of amides is 1. The molecule has 0 aromatic carbocycles. The van der Waals surface area contributed by atoms with Crippen LogP contribution in [0.4, 0.5) is 0 Å². The molecular weight excluding hydrogens is 202 g/mol. The Morgan fingerprint density at radius 2 is 1.94 bits per heavy atom. The highest BCUT2D eigenvalue weighted by atomic mass is 16.3. The van der Waals surface area contributed by atoms with E-state index in [0.717, 1.165) is 6.42 Å². The van der Waals surface area contributed by atoms with Crippen LogP contribution in [-0.2, 0) is 4.79 Å². The Labute approximate surface area is 96.6 Å². The molecule has 0 saturated heterocycles. The molecule has 3 fully saturated rings. The van der Waals surface area contributed by atoms with Crippen molar-refractivity contribution in [2.75, 3.05) is 0 Å². The Morgan fingerprint density at radius 1 is 1.31 bits per heavy atom. The van der Waals surface area contributed by atoms with Crippen molar-refractivity contribution >= 4 is 5.91 Å². The lowest BCUT2D eigenvalue weighted by molar-refractivity contribution is -0.131. The van der Waals surface area contributed by atoms with E-state index in [-0.39, 0.29) is 23.5 Å². The number of hydrogen-bond acceptors (Lipinski definition) is 2. The van der Waals surface area contributed by atoms with Crippen LogP contribution in [0.5, 0.6) is 0 Å². The molecule has 3 nitrogen and oxygen atoms in total. The van der Waals surface area contributed by atoms with Crippen LogP contribution < -0.4 is 5.32 Å². The first-order valence-corrected chi connectivity index (χ1v) is 6.50. The number of nitrogens with one attached hydrogen (secondary N) is 1. The van der Waals surface area contributed by atoms with Crippen LogP contribution >= 0.6 is 0 Å². The van der Waals surface area contributed by atoms with Crippen LogP contribution in [-0.4, -0.2) is 23.2 Å². The van der Waals surface area contributed by atoms with Gasteiger partial charge in [-0.05, 0) is 31.1 Å². The van der Waals surface area contributed by atoms with E-state index in [1.54, 1.807) is 0 Å². The van der Waals surface area contributed by atoms with E-state index in [4.69, 9.17) is 0 Å². The first-order valence-electron chi connectivity index (χ1n) is 6.50. The van der Waals surface area contributed by atoms with Gasteiger partial charge in [0, 0.05) is 17.4 Å². The van der Waals surface area contributed by atoms with E-state index in [0.29, 0.717) is 17.8 Å². The van der Waals surface area contributed by atoms with Gasteiger partial charge in [0.1, 0.15) is 0 Å². The van der Waals surface area contributed by atoms with Gasteiger partial charge < -0.3 is 10.4 Å². The zero-order valence-corrected chi connectivity index (χ0v) is 10.1. The van der Waals surface area contributed by atoms with Crippen LogP contribution in [0.15, 0.2) is 0 Å². The van der Waals surface area contributed by atoms with Gasteiger partial charge >= 0.3 is 0 Å². The second kappa shape index (κ2) is 3.22. The van der Waals surface area contributed by atoms with Gasteiger partial charge in [-0.25, -0.2) is 0 Å². The first-order chi connectivity index (χ1) is 7.51. The standard InChI is InChI=1S/C13H21NO2/c1-13(2)9(6-10(13)15)14-12(16)11-7-4-3-5-8(7)11/h7-11,15H,3-6H2,1-2H3,(H,14,16). The summed E-state index contributed by atoms with van der Waals surface area (Å²) < 4.78 is 0. The molecule has 0 aromatic rings. The average Bonchev–Trinajstić information content (AvgIpc) is 2.72. The number of hydrogen-bond donors (Lipinski definition) is 2. The van der Waals surface area contributed by atoms with E-state index in [2.05, 4.69) is 5.32 Å². The predicted molar refractivity (Wildman–Crippen MR) is 60.7 cm³/mol. The topological polar surface area (TPSA) is 49.3 Å². The summed E-state index contributed by atoms with van der Waals surface area (Å²) in [5.74, 6) is 1.93. The zero-order valence-electron chi connectivity index (χ0n) is 10.1. The van der Waals surface area contributed by atoms with E-state index in [9.17, 15) is 9.90 Å². The van der Waals surface area contributed by atoms with Crippen molar-refractivity contribution in [2.24, 2.45) is 23.2 Å². The van der Waals surface area contributed by atoms with Gasteiger partial charge in [-0.2, -0.15) is 0 Å². The second-order valence-corrected chi connectivity index (χ2v) is 6.42. The highest BCUT2D eigenvalue weighted by Crippen LogP contribution is 2.57. The molecule has 0 spiro atoms. The summed E-state index contributed by atoms with van der Waals surface area (Å²) in [6.45, 7) is 4.06. The van der Waals surface area contributed by atoms with E-state index in [1.807, 2.05) is 13.8 Å². The Balaban J connectivity index is 1.55. The van der Waals surface area contributed by atoms with Crippen molar-refractivity contribution in [3.05, 3.63) is 0 Å². The maximum absolute atomic E-state index is 12.0. The van der Waals surface area contributed by atoms with E-state index < -0.39 is 0 Å². The molecule has 3 saturated carbocycles. The molecule has 0 bridgehead atoms. The second-order valence-electron chi connectivity index (χ2n) is 6.42. The molecule has 0 aromatic heterocycles. The highest BCUT2D eigenvalue weighted by molar-refractivity contribution is 5.82. The number of rotatable bonds is 2. The smallest absolute Gasteiger partial charge is 0.223 e. The lowest BCUT2D eigenvalue weighted by Gasteiger charge is -2.49. The van der Waals surface area contributed by atoms with Crippen LogP contribution in [0.2, 0.25) is 0 Å². The monoisotopic (exact) mass is 223 g/mol. The van der Waals surface area contributed by atoms with Crippen LogP contribution in [0, 0.1) is 23.2 Å².